The smallest absolute Gasteiger partial charge is 0.186 e. The fourth-order valence-electron chi connectivity index (χ4n) is 2.17. The molecule has 2 N–H and O–H groups in total. The molecule has 0 unspecified atom stereocenters. The van der Waals surface area contributed by atoms with E-state index in [0.29, 0.717) is 17.6 Å². The summed E-state index contributed by atoms with van der Waals surface area (Å²) in [5, 5.41) is 21.9. The van der Waals surface area contributed by atoms with Gasteiger partial charge >= 0.3 is 0 Å². The molecule has 2 heterocycles. The lowest BCUT2D eigenvalue weighted by Gasteiger charge is -2.09. The second kappa shape index (κ2) is 3.65. The zero-order valence-electron chi connectivity index (χ0n) is 8.99. The van der Waals surface area contributed by atoms with Gasteiger partial charge in [0.05, 0.1) is 5.36 Å². The number of aliphatic imine (C=N–C) groups is 1. The van der Waals surface area contributed by atoms with Crippen molar-refractivity contribution in [1.82, 2.24) is 0 Å². The molecule has 0 fully saturated rings. The maximum absolute atomic E-state index is 9.87. The number of nitrogens with zero attached hydrogens (tertiary/aromatic N) is 2. The van der Waals surface area contributed by atoms with Crippen LogP contribution < -0.4 is 10.6 Å². The Bertz CT molecular complexity index is 682. The van der Waals surface area contributed by atoms with Crippen molar-refractivity contribution in [2.45, 2.75) is 6.42 Å². The Morgan fingerprint density at radius 2 is 2.06 bits per heavy atom. The molecular weight excluding hydrogens is 260 g/mol. The van der Waals surface area contributed by atoms with Gasteiger partial charge in [-0.25, -0.2) is 4.99 Å². The first-order chi connectivity index (χ1) is 8.15. The van der Waals surface area contributed by atoms with Crippen molar-refractivity contribution in [3.8, 4) is 11.5 Å². The van der Waals surface area contributed by atoms with Crippen molar-refractivity contribution in [2.24, 2.45) is 9.98 Å². The van der Waals surface area contributed by atoms with Crippen LogP contribution in [0.15, 0.2) is 9.98 Å². The minimum Gasteiger partial charge on any atom is -0.503 e. The van der Waals surface area contributed by atoms with Gasteiger partial charge in [0.25, 0.3) is 0 Å². The molecule has 0 aliphatic carbocycles. The van der Waals surface area contributed by atoms with Gasteiger partial charge in [-0.15, -0.1) is 11.8 Å². The van der Waals surface area contributed by atoms with Gasteiger partial charge in [0.2, 0.25) is 0 Å². The van der Waals surface area contributed by atoms with Gasteiger partial charge < -0.3 is 10.2 Å². The maximum atomic E-state index is 9.87. The van der Waals surface area contributed by atoms with E-state index in [1.807, 2.05) is 6.26 Å². The number of benzene rings is 1. The third-order valence-corrected chi connectivity index (χ3v) is 4.02. The topological polar surface area (TPSA) is 65.2 Å². The maximum Gasteiger partial charge on any atom is 0.186 e. The number of halogens is 1. The van der Waals surface area contributed by atoms with E-state index in [2.05, 4.69) is 9.98 Å². The highest BCUT2D eigenvalue weighted by atomic mass is 35.5. The molecule has 88 valence electrons. The lowest BCUT2D eigenvalue weighted by molar-refractivity contribution is 0.404. The number of thioether (sulfide) groups is 1. The highest BCUT2D eigenvalue weighted by Gasteiger charge is 2.26. The molecule has 0 radical (unpaired) electrons. The number of hydrogen-bond acceptors (Lipinski definition) is 5. The first-order valence-electron chi connectivity index (χ1n) is 5.09. The van der Waals surface area contributed by atoms with E-state index in [9.17, 15) is 10.2 Å². The Kier molecular flexibility index (Phi) is 2.34. The first-order valence-corrected chi connectivity index (χ1v) is 6.69. The molecule has 6 heteroatoms. The van der Waals surface area contributed by atoms with Crippen LogP contribution in [-0.4, -0.2) is 28.1 Å². The predicted molar refractivity (Wildman–Crippen MR) is 69.1 cm³/mol. The molecule has 2 aliphatic rings. The highest BCUT2D eigenvalue weighted by Crippen LogP contribution is 2.40. The van der Waals surface area contributed by atoms with Crippen LogP contribution in [0.25, 0.3) is 5.57 Å². The zero-order chi connectivity index (χ0) is 12.2. The van der Waals surface area contributed by atoms with Crippen molar-refractivity contribution < 1.29 is 10.2 Å². The van der Waals surface area contributed by atoms with Crippen LogP contribution in [0.5, 0.6) is 11.5 Å². The minimum absolute atomic E-state index is 0.107. The van der Waals surface area contributed by atoms with Gasteiger partial charge in [-0.3, -0.25) is 4.99 Å². The molecule has 3 rings (SSSR count). The summed E-state index contributed by atoms with van der Waals surface area (Å²) in [6, 6.07) is 0. The van der Waals surface area contributed by atoms with Gasteiger partial charge in [0.15, 0.2) is 11.5 Å². The van der Waals surface area contributed by atoms with E-state index < -0.39 is 0 Å². The Hall–Kier alpha value is -1.20. The van der Waals surface area contributed by atoms with Crippen LogP contribution in [0.3, 0.4) is 0 Å². The summed E-state index contributed by atoms with van der Waals surface area (Å²) in [7, 11) is 0. The molecule has 2 aliphatic heterocycles. The third kappa shape index (κ3) is 1.32. The van der Waals surface area contributed by atoms with Crippen LogP contribution in [-0.2, 0) is 0 Å². The summed E-state index contributed by atoms with van der Waals surface area (Å²) in [6.07, 6.45) is 2.72. The molecule has 1 aromatic rings. The summed E-state index contributed by atoms with van der Waals surface area (Å²) in [6.45, 7) is 0.630. The number of phenolic OH excluding ortho intramolecular Hbond substituents is 2. The first kappa shape index (κ1) is 10.9. The van der Waals surface area contributed by atoms with Crippen molar-refractivity contribution in [3.05, 3.63) is 15.6 Å². The Balaban J connectivity index is 2.54. The monoisotopic (exact) mass is 268 g/mol. The van der Waals surface area contributed by atoms with Crippen LogP contribution in [0.2, 0.25) is 5.02 Å². The average Bonchev–Trinajstić information content (AvgIpc) is 2.73. The van der Waals surface area contributed by atoms with Crippen LogP contribution in [0, 0.1) is 0 Å². The van der Waals surface area contributed by atoms with Crippen LogP contribution in [0.1, 0.15) is 6.42 Å². The van der Waals surface area contributed by atoms with Gasteiger partial charge in [0, 0.05) is 11.8 Å². The lowest BCUT2D eigenvalue weighted by Crippen LogP contribution is -2.32. The molecule has 1 aromatic carbocycles. The summed E-state index contributed by atoms with van der Waals surface area (Å²) in [5.74, 6) is -0.594. The molecule has 17 heavy (non-hydrogen) atoms. The fourth-order valence-corrected chi connectivity index (χ4v) is 3.04. The average molecular weight is 269 g/mol. The number of hydrogen-bond donors (Lipinski definition) is 2. The molecule has 0 bridgehead atoms. The summed E-state index contributed by atoms with van der Waals surface area (Å²) in [4.78, 5) is 8.65. The molecular formula is C11H9ClN2O2S. The normalized spacial score (nSPS) is 16.6. The van der Waals surface area contributed by atoms with Crippen LogP contribution in [0.4, 0.5) is 5.69 Å². The van der Waals surface area contributed by atoms with E-state index in [1.165, 1.54) is 11.8 Å². The third-order valence-electron chi connectivity index (χ3n) is 2.94. The van der Waals surface area contributed by atoms with Crippen molar-refractivity contribution in [2.75, 3.05) is 12.8 Å². The molecule has 4 nitrogen and oxygen atoms in total. The van der Waals surface area contributed by atoms with Crippen molar-refractivity contribution in [3.63, 3.8) is 0 Å². The Labute approximate surface area is 106 Å². The molecule has 0 saturated carbocycles. The number of rotatable bonds is 0. The van der Waals surface area contributed by atoms with E-state index in [1.54, 1.807) is 0 Å². The second-order valence-corrected chi connectivity index (χ2v) is 4.99. The summed E-state index contributed by atoms with van der Waals surface area (Å²) in [5.41, 5.74) is 1.46. The van der Waals surface area contributed by atoms with Gasteiger partial charge in [-0.2, -0.15) is 0 Å². The number of phenols is 2. The van der Waals surface area contributed by atoms with E-state index in [4.69, 9.17) is 11.6 Å². The molecule has 0 spiro atoms. The largest absolute Gasteiger partial charge is 0.503 e. The quantitative estimate of drug-likeness (QED) is 0.698. The molecule has 0 amide bonds. The number of aromatic hydroxyl groups is 2. The van der Waals surface area contributed by atoms with E-state index >= 15 is 0 Å². The lowest BCUT2D eigenvalue weighted by atomic mass is 10.1. The Morgan fingerprint density at radius 3 is 2.76 bits per heavy atom. The molecule has 0 saturated heterocycles. The van der Waals surface area contributed by atoms with Gasteiger partial charge in [-0.05, 0) is 18.2 Å². The predicted octanol–water partition coefficient (Wildman–Crippen LogP) is 1.33. The van der Waals surface area contributed by atoms with Gasteiger partial charge in [-0.1, -0.05) is 11.6 Å². The van der Waals surface area contributed by atoms with E-state index in [0.717, 1.165) is 22.3 Å². The standard InChI is InChI=1S/C11H9ClN2O2S/c1-17-11-4-2-3-13-7-5(4)8(14-11)10(16)9(15)6(7)12/h15-16H,2-3H2,1H3. The zero-order valence-corrected chi connectivity index (χ0v) is 10.6. The molecule has 0 atom stereocenters. The van der Waals surface area contributed by atoms with Crippen molar-refractivity contribution >= 4 is 39.7 Å². The molecule has 0 aromatic heterocycles. The fraction of sp³-hybridized carbons (Fsp3) is 0.273. The summed E-state index contributed by atoms with van der Waals surface area (Å²) >= 11 is 7.52. The second-order valence-electron chi connectivity index (χ2n) is 3.81. The van der Waals surface area contributed by atoms with E-state index in [-0.39, 0.29) is 16.5 Å². The van der Waals surface area contributed by atoms with Gasteiger partial charge in [0.1, 0.15) is 15.8 Å². The minimum atomic E-state index is -0.337. The van der Waals surface area contributed by atoms with Crippen molar-refractivity contribution in [1.29, 1.82) is 0 Å². The Morgan fingerprint density at radius 1 is 1.29 bits per heavy atom. The van der Waals surface area contributed by atoms with Crippen LogP contribution >= 0.6 is 23.4 Å². The highest BCUT2D eigenvalue weighted by molar-refractivity contribution is 8.14. The SMILES string of the molecule is CSC1=Nc2c(O)c(O)c(Cl)c3c2=C1CCN=3. The summed E-state index contributed by atoms with van der Waals surface area (Å²) < 4.78 is 0.